The highest BCUT2D eigenvalue weighted by Gasteiger charge is 2.35. The van der Waals surface area contributed by atoms with E-state index in [1.165, 1.54) is 99.3 Å². The molecular weight excluding hydrogens is 785 g/mol. The zero-order valence-corrected chi connectivity index (χ0v) is 37.2. The first-order valence-corrected chi connectivity index (χ1v) is 22.7. The van der Waals surface area contributed by atoms with E-state index in [-0.39, 0.29) is 5.41 Å². The van der Waals surface area contributed by atoms with Gasteiger partial charge in [0.05, 0.1) is 11.0 Å². The van der Waals surface area contributed by atoms with E-state index in [9.17, 15) is 0 Å². The van der Waals surface area contributed by atoms with E-state index in [2.05, 4.69) is 256 Å². The molecule has 12 rings (SSSR count). The Balaban J connectivity index is 0.891. The molecule has 310 valence electrons. The third-order valence-corrected chi connectivity index (χ3v) is 13.9. The molecule has 1 aromatic heterocycles. The van der Waals surface area contributed by atoms with Crippen LogP contribution in [-0.2, 0) is 5.41 Å². The van der Waals surface area contributed by atoms with Crippen LogP contribution in [0.4, 0.5) is 17.1 Å². The van der Waals surface area contributed by atoms with Gasteiger partial charge in [0.15, 0.2) is 0 Å². The molecule has 1 heterocycles. The summed E-state index contributed by atoms with van der Waals surface area (Å²) in [6.45, 7) is 9.06. The van der Waals surface area contributed by atoms with Crippen molar-refractivity contribution >= 4 is 49.6 Å². The van der Waals surface area contributed by atoms with Crippen molar-refractivity contribution in [2.24, 2.45) is 0 Å². The van der Waals surface area contributed by atoms with E-state index in [4.69, 9.17) is 0 Å². The lowest BCUT2D eigenvalue weighted by Gasteiger charge is -2.26. The van der Waals surface area contributed by atoms with Crippen molar-refractivity contribution < 1.29 is 0 Å². The van der Waals surface area contributed by atoms with Crippen molar-refractivity contribution in [2.75, 3.05) is 4.90 Å². The number of nitrogens with zero attached hydrogens (tertiary/aromatic N) is 2. The molecule has 0 saturated heterocycles. The van der Waals surface area contributed by atoms with E-state index in [1.54, 1.807) is 0 Å². The second-order valence-corrected chi connectivity index (χ2v) is 18.4. The summed E-state index contributed by atoms with van der Waals surface area (Å²) in [6, 6.07) is 80.9. The number of rotatable bonds is 7. The predicted octanol–water partition coefficient (Wildman–Crippen LogP) is 17.3. The molecule has 0 spiro atoms. The second-order valence-electron chi connectivity index (χ2n) is 18.4. The SMILES string of the molecule is Cc1ccc(N(c2ccc(-c3ccc4c(c3)C(C)(C)c3cc(C)ccc3-4)cc2)c2ccc(-c3ccc4c5ccccc5n(-c5cccc(-c6ccc7ccccc7c6)c5)c4c3)cc2)cc1. The molecule has 0 amide bonds. The van der Waals surface area contributed by atoms with Gasteiger partial charge in [-0.1, -0.05) is 171 Å². The fraction of sp³-hybridized carbons (Fsp3) is 0.0794. The van der Waals surface area contributed by atoms with Crippen molar-refractivity contribution in [3.63, 3.8) is 0 Å². The summed E-state index contributed by atoms with van der Waals surface area (Å²) in [5, 5.41) is 5.00. The molecule has 0 saturated carbocycles. The van der Waals surface area contributed by atoms with Gasteiger partial charge in [-0.2, -0.15) is 0 Å². The van der Waals surface area contributed by atoms with Crippen LogP contribution in [0.3, 0.4) is 0 Å². The summed E-state index contributed by atoms with van der Waals surface area (Å²) < 4.78 is 2.43. The number of aryl methyl sites for hydroxylation is 2. The molecule has 11 aromatic rings. The van der Waals surface area contributed by atoms with Crippen LogP contribution in [0.2, 0.25) is 0 Å². The smallest absolute Gasteiger partial charge is 0.0547 e. The molecule has 2 nitrogen and oxygen atoms in total. The minimum Gasteiger partial charge on any atom is -0.311 e. The predicted molar refractivity (Wildman–Crippen MR) is 276 cm³/mol. The van der Waals surface area contributed by atoms with E-state index < -0.39 is 0 Å². The Morgan fingerprint density at radius 2 is 0.877 bits per heavy atom. The molecular formula is C63H48N2. The topological polar surface area (TPSA) is 8.17 Å². The average molecular weight is 833 g/mol. The minimum atomic E-state index is -0.0456. The van der Waals surface area contributed by atoms with Gasteiger partial charge in [0, 0.05) is 38.9 Å². The van der Waals surface area contributed by atoms with Gasteiger partial charge in [-0.05, 0) is 153 Å². The number of benzene rings is 10. The average Bonchev–Trinajstić information content (AvgIpc) is 3.79. The third kappa shape index (κ3) is 6.56. The Labute approximate surface area is 381 Å². The quantitative estimate of drug-likeness (QED) is 0.155. The highest BCUT2D eigenvalue weighted by molar-refractivity contribution is 6.10. The van der Waals surface area contributed by atoms with Gasteiger partial charge in [-0.3, -0.25) is 0 Å². The Kier molecular flexibility index (Phi) is 9.00. The first kappa shape index (κ1) is 38.7. The van der Waals surface area contributed by atoms with Crippen molar-refractivity contribution in [2.45, 2.75) is 33.1 Å². The summed E-state index contributed by atoms with van der Waals surface area (Å²) in [6.07, 6.45) is 0. The number of hydrogen-bond acceptors (Lipinski definition) is 1. The van der Waals surface area contributed by atoms with E-state index >= 15 is 0 Å². The van der Waals surface area contributed by atoms with Gasteiger partial charge in [-0.25, -0.2) is 0 Å². The number of anilines is 3. The zero-order valence-electron chi connectivity index (χ0n) is 37.2. The molecule has 0 atom stereocenters. The molecule has 10 aromatic carbocycles. The Bertz CT molecular complexity index is 3620. The van der Waals surface area contributed by atoms with Crippen LogP contribution in [0, 0.1) is 13.8 Å². The number of para-hydroxylation sites is 1. The molecule has 0 aliphatic heterocycles. The van der Waals surface area contributed by atoms with Gasteiger partial charge in [-0.15, -0.1) is 0 Å². The zero-order chi connectivity index (χ0) is 43.8. The molecule has 0 N–H and O–H groups in total. The summed E-state index contributed by atoms with van der Waals surface area (Å²) in [5.74, 6) is 0. The number of hydrogen-bond donors (Lipinski definition) is 0. The summed E-state index contributed by atoms with van der Waals surface area (Å²) in [5.41, 5.74) is 22.2. The number of aromatic nitrogens is 1. The van der Waals surface area contributed by atoms with Crippen molar-refractivity contribution in [1.82, 2.24) is 4.57 Å². The van der Waals surface area contributed by atoms with Crippen molar-refractivity contribution in [1.29, 1.82) is 0 Å². The lowest BCUT2D eigenvalue weighted by molar-refractivity contribution is 0.660. The van der Waals surface area contributed by atoms with Crippen molar-refractivity contribution in [3.8, 4) is 50.2 Å². The summed E-state index contributed by atoms with van der Waals surface area (Å²) >= 11 is 0. The first-order valence-electron chi connectivity index (χ1n) is 22.7. The monoisotopic (exact) mass is 832 g/mol. The van der Waals surface area contributed by atoms with Crippen LogP contribution in [-0.4, -0.2) is 4.57 Å². The van der Waals surface area contributed by atoms with Crippen LogP contribution in [0.5, 0.6) is 0 Å². The van der Waals surface area contributed by atoms with Crippen LogP contribution in [0.25, 0.3) is 82.8 Å². The summed E-state index contributed by atoms with van der Waals surface area (Å²) in [7, 11) is 0. The maximum Gasteiger partial charge on any atom is 0.0547 e. The third-order valence-electron chi connectivity index (χ3n) is 13.9. The molecule has 0 bridgehead atoms. The van der Waals surface area contributed by atoms with Gasteiger partial charge in [0.1, 0.15) is 0 Å². The van der Waals surface area contributed by atoms with Crippen LogP contribution in [0.1, 0.15) is 36.1 Å². The minimum absolute atomic E-state index is 0.0456. The molecule has 0 radical (unpaired) electrons. The fourth-order valence-electron chi connectivity index (χ4n) is 10.4. The largest absolute Gasteiger partial charge is 0.311 e. The normalized spacial score (nSPS) is 12.7. The maximum atomic E-state index is 2.43. The molecule has 2 heteroatoms. The van der Waals surface area contributed by atoms with Crippen LogP contribution in [0.15, 0.2) is 218 Å². The lowest BCUT2D eigenvalue weighted by Crippen LogP contribution is -2.15. The van der Waals surface area contributed by atoms with E-state index in [0.29, 0.717) is 0 Å². The highest BCUT2D eigenvalue weighted by atomic mass is 15.1. The highest BCUT2D eigenvalue weighted by Crippen LogP contribution is 2.50. The molecule has 0 unspecified atom stereocenters. The van der Waals surface area contributed by atoms with Gasteiger partial charge in [0.25, 0.3) is 0 Å². The fourth-order valence-corrected chi connectivity index (χ4v) is 10.4. The first-order chi connectivity index (χ1) is 31.8. The maximum absolute atomic E-state index is 2.43. The molecule has 0 fully saturated rings. The lowest BCUT2D eigenvalue weighted by atomic mass is 9.81. The molecule has 65 heavy (non-hydrogen) atoms. The van der Waals surface area contributed by atoms with Crippen LogP contribution >= 0.6 is 0 Å². The van der Waals surface area contributed by atoms with E-state index in [0.717, 1.165) is 22.7 Å². The molecule has 1 aliphatic carbocycles. The van der Waals surface area contributed by atoms with Crippen LogP contribution < -0.4 is 4.90 Å². The van der Waals surface area contributed by atoms with E-state index in [1.807, 2.05) is 0 Å². The van der Waals surface area contributed by atoms with Gasteiger partial charge < -0.3 is 9.47 Å². The second kappa shape index (κ2) is 15.1. The Hall–Kier alpha value is -7.94. The standard InChI is InChI=1S/C63H48N2/c1-41-16-27-51(28-17-41)64(52-29-21-44(22-30-52)49-25-34-56-55-33-18-42(2)36-59(55)63(3,4)60(56)39-49)53-31-23-45(24-32-53)50-26-35-58-57-14-7-8-15-61(57)65(62(58)40-50)54-13-9-12-47(38-54)48-20-19-43-10-5-6-11-46(43)37-48/h5-40H,1-4H3. The Morgan fingerprint density at radius 3 is 1.62 bits per heavy atom. The summed E-state index contributed by atoms with van der Waals surface area (Å²) in [4.78, 5) is 2.36. The van der Waals surface area contributed by atoms with Crippen molar-refractivity contribution in [3.05, 3.63) is 241 Å². The Morgan fingerprint density at radius 1 is 0.354 bits per heavy atom. The van der Waals surface area contributed by atoms with Gasteiger partial charge in [0.2, 0.25) is 0 Å². The molecule has 1 aliphatic rings. The van der Waals surface area contributed by atoms with Gasteiger partial charge >= 0.3 is 0 Å². The number of fused-ring (bicyclic) bond motifs is 7.